The monoisotopic (exact) mass is 229 g/mol. The van der Waals surface area contributed by atoms with Gasteiger partial charge in [-0.25, -0.2) is 9.13 Å². The van der Waals surface area contributed by atoms with Crippen LogP contribution in [-0.2, 0) is 26.4 Å². The lowest BCUT2D eigenvalue weighted by molar-refractivity contribution is -0.678. The molecular formula is C15H21N2+. The Labute approximate surface area is 104 Å². The molecule has 0 N–H and O–H groups in total. The average molecular weight is 229 g/mol. The Bertz CT molecular complexity index is 457. The van der Waals surface area contributed by atoms with Crippen molar-refractivity contribution in [1.29, 1.82) is 0 Å². The van der Waals surface area contributed by atoms with Crippen molar-refractivity contribution in [2.24, 2.45) is 7.05 Å². The van der Waals surface area contributed by atoms with Crippen molar-refractivity contribution in [2.75, 3.05) is 0 Å². The van der Waals surface area contributed by atoms with E-state index in [1.807, 2.05) is 0 Å². The van der Waals surface area contributed by atoms with Crippen LogP contribution < -0.4 is 4.57 Å². The molecule has 2 nitrogen and oxygen atoms in total. The molecule has 0 spiro atoms. The van der Waals surface area contributed by atoms with Crippen molar-refractivity contribution < 1.29 is 4.57 Å². The minimum atomic E-state index is 1.10. The third-order valence-corrected chi connectivity index (χ3v) is 3.15. The Balaban J connectivity index is 2.06. The Hall–Kier alpha value is -1.57. The maximum absolute atomic E-state index is 2.36. The summed E-state index contributed by atoms with van der Waals surface area (Å²) in [5.74, 6) is 1.41. The summed E-state index contributed by atoms with van der Waals surface area (Å²) in [6.45, 7) is 3.34. The van der Waals surface area contributed by atoms with Crippen LogP contribution in [0.15, 0.2) is 42.7 Å². The van der Waals surface area contributed by atoms with Crippen LogP contribution in [0.5, 0.6) is 0 Å². The number of imidazole rings is 1. The summed E-state index contributed by atoms with van der Waals surface area (Å²) in [5, 5.41) is 0. The van der Waals surface area contributed by atoms with E-state index in [-0.39, 0.29) is 0 Å². The van der Waals surface area contributed by atoms with Gasteiger partial charge in [0.2, 0.25) is 0 Å². The molecule has 0 radical (unpaired) electrons. The van der Waals surface area contributed by atoms with E-state index >= 15 is 0 Å². The standard InChI is InChI=1S/C15H21N2/c1-3-11-17-13-12-16(2)15(17)10-9-14-7-5-4-6-8-14/h4-8,12-13H,3,9-11H2,1-2H3/q+1. The number of hydrogen-bond donors (Lipinski definition) is 0. The number of aryl methyl sites for hydroxylation is 3. The highest BCUT2D eigenvalue weighted by Gasteiger charge is 2.13. The van der Waals surface area contributed by atoms with Gasteiger partial charge in [-0.15, -0.1) is 0 Å². The molecule has 0 aliphatic rings. The summed E-state index contributed by atoms with van der Waals surface area (Å²) in [7, 11) is 2.13. The predicted molar refractivity (Wildman–Crippen MR) is 69.7 cm³/mol. The van der Waals surface area contributed by atoms with Gasteiger partial charge >= 0.3 is 0 Å². The van der Waals surface area contributed by atoms with Crippen molar-refractivity contribution in [2.45, 2.75) is 32.7 Å². The van der Waals surface area contributed by atoms with Crippen LogP contribution in [0.1, 0.15) is 24.7 Å². The number of aromatic nitrogens is 2. The van der Waals surface area contributed by atoms with Crippen LogP contribution in [-0.4, -0.2) is 4.57 Å². The van der Waals surface area contributed by atoms with E-state index in [1.54, 1.807) is 0 Å². The maximum atomic E-state index is 2.36. The van der Waals surface area contributed by atoms with Crippen molar-refractivity contribution in [3.63, 3.8) is 0 Å². The lowest BCUT2D eigenvalue weighted by Crippen LogP contribution is -2.32. The SMILES string of the molecule is CCCn1cc[n+](C)c1CCc1ccccc1. The molecule has 0 saturated carbocycles. The molecule has 0 unspecified atom stereocenters. The van der Waals surface area contributed by atoms with E-state index in [9.17, 15) is 0 Å². The number of benzene rings is 1. The first-order valence-corrected chi connectivity index (χ1v) is 6.39. The molecule has 0 aliphatic carbocycles. The molecule has 1 aromatic heterocycles. The summed E-state index contributed by atoms with van der Waals surface area (Å²) in [6, 6.07) is 10.7. The molecule has 17 heavy (non-hydrogen) atoms. The maximum Gasteiger partial charge on any atom is 0.256 e. The lowest BCUT2D eigenvalue weighted by atomic mass is 10.1. The van der Waals surface area contributed by atoms with Gasteiger partial charge in [-0.2, -0.15) is 0 Å². The second-order valence-corrected chi connectivity index (χ2v) is 4.50. The van der Waals surface area contributed by atoms with Gasteiger partial charge < -0.3 is 0 Å². The van der Waals surface area contributed by atoms with Crippen LogP contribution in [0.25, 0.3) is 0 Å². The normalized spacial score (nSPS) is 10.7. The second kappa shape index (κ2) is 5.67. The van der Waals surface area contributed by atoms with E-state index in [0.717, 1.165) is 19.4 Å². The van der Waals surface area contributed by atoms with E-state index in [0.29, 0.717) is 0 Å². The molecule has 0 saturated heterocycles. The first-order valence-electron chi connectivity index (χ1n) is 6.39. The van der Waals surface area contributed by atoms with E-state index in [4.69, 9.17) is 0 Å². The minimum absolute atomic E-state index is 1.10. The third-order valence-electron chi connectivity index (χ3n) is 3.15. The van der Waals surface area contributed by atoms with Crippen molar-refractivity contribution in [3.8, 4) is 0 Å². The predicted octanol–water partition coefficient (Wildman–Crippen LogP) is 2.51. The van der Waals surface area contributed by atoms with Crippen LogP contribution in [0.4, 0.5) is 0 Å². The summed E-state index contributed by atoms with van der Waals surface area (Å²) in [6.07, 6.45) is 7.74. The Morgan fingerprint density at radius 1 is 1.12 bits per heavy atom. The fourth-order valence-corrected chi connectivity index (χ4v) is 2.22. The zero-order chi connectivity index (χ0) is 12.1. The van der Waals surface area contributed by atoms with Crippen molar-refractivity contribution in [1.82, 2.24) is 4.57 Å². The van der Waals surface area contributed by atoms with Crippen molar-refractivity contribution in [3.05, 3.63) is 54.1 Å². The molecule has 0 amide bonds. The second-order valence-electron chi connectivity index (χ2n) is 4.50. The third kappa shape index (κ3) is 2.96. The minimum Gasteiger partial charge on any atom is -0.237 e. The quantitative estimate of drug-likeness (QED) is 0.697. The molecule has 2 heteroatoms. The summed E-state index contributed by atoms with van der Waals surface area (Å²) >= 11 is 0. The van der Waals surface area contributed by atoms with Crippen LogP contribution >= 0.6 is 0 Å². The molecule has 2 aromatic rings. The Morgan fingerprint density at radius 2 is 1.88 bits per heavy atom. The van der Waals surface area contributed by atoms with Gasteiger partial charge in [-0.1, -0.05) is 37.3 Å². The number of nitrogens with zero attached hydrogens (tertiary/aromatic N) is 2. The topological polar surface area (TPSA) is 8.81 Å². The highest BCUT2D eigenvalue weighted by Crippen LogP contribution is 2.05. The first-order chi connectivity index (χ1) is 8.31. The van der Waals surface area contributed by atoms with Gasteiger partial charge in [-0.05, 0) is 18.4 Å². The number of hydrogen-bond acceptors (Lipinski definition) is 0. The molecule has 1 aromatic carbocycles. The summed E-state index contributed by atoms with van der Waals surface area (Å²) in [4.78, 5) is 0. The largest absolute Gasteiger partial charge is 0.256 e. The zero-order valence-corrected chi connectivity index (χ0v) is 10.8. The molecule has 0 bridgehead atoms. The molecule has 0 fully saturated rings. The molecule has 90 valence electrons. The van der Waals surface area contributed by atoms with Gasteiger partial charge in [0, 0.05) is 0 Å². The summed E-state index contributed by atoms with van der Waals surface area (Å²) < 4.78 is 4.60. The van der Waals surface area contributed by atoms with Gasteiger partial charge in [0.05, 0.1) is 20.0 Å². The molecule has 0 aliphatic heterocycles. The van der Waals surface area contributed by atoms with Gasteiger partial charge in [-0.3, -0.25) is 0 Å². The van der Waals surface area contributed by atoms with Gasteiger partial charge in [0.1, 0.15) is 12.4 Å². The van der Waals surface area contributed by atoms with Crippen molar-refractivity contribution >= 4 is 0 Å². The van der Waals surface area contributed by atoms with Crippen LogP contribution in [0.3, 0.4) is 0 Å². The van der Waals surface area contributed by atoms with E-state index in [1.165, 1.54) is 17.8 Å². The van der Waals surface area contributed by atoms with E-state index < -0.39 is 0 Å². The summed E-state index contributed by atoms with van der Waals surface area (Å²) in [5.41, 5.74) is 1.41. The first kappa shape index (κ1) is 11.9. The average Bonchev–Trinajstić information content (AvgIpc) is 2.70. The highest BCUT2D eigenvalue weighted by atomic mass is 15.1. The van der Waals surface area contributed by atoms with Crippen LogP contribution in [0, 0.1) is 0 Å². The Kier molecular flexibility index (Phi) is 3.97. The van der Waals surface area contributed by atoms with E-state index in [2.05, 4.69) is 65.8 Å². The van der Waals surface area contributed by atoms with Crippen LogP contribution in [0.2, 0.25) is 0 Å². The number of rotatable bonds is 5. The Morgan fingerprint density at radius 3 is 2.59 bits per heavy atom. The molecule has 2 rings (SSSR count). The van der Waals surface area contributed by atoms with Gasteiger partial charge in [0.15, 0.2) is 0 Å². The highest BCUT2D eigenvalue weighted by molar-refractivity contribution is 5.15. The fraction of sp³-hybridized carbons (Fsp3) is 0.400. The fourth-order valence-electron chi connectivity index (χ4n) is 2.22. The molecule has 0 atom stereocenters. The molecule has 1 heterocycles. The smallest absolute Gasteiger partial charge is 0.237 e. The van der Waals surface area contributed by atoms with Gasteiger partial charge in [0.25, 0.3) is 5.82 Å². The lowest BCUT2D eigenvalue weighted by Gasteiger charge is -2.02. The zero-order valence-electron chi connectivity index (χ0n) is 10.8. The molecular weight excluding hydrogens is 208 g/mol.